The number of aromatic nitrogens is 1. The van der Waals surface area contributed by atoms with Crippen molar-refractivity contribution in [3.8, 4) is 0 Å². The first-order valence-electron chi connectivity index (χ1n) is 5.19. The van der Waals surface area contributed by atoms with Gasteiger partial charge in [-0.3, -0.25) is 10.8 Å². The Hall–Kier alpha value is -1.46. The molecule has 16 heavy (non-hydrogen) atoms. The minimum absolute atomic E-state index is 0.344. The molecule has 1 aliphatic heterocycles. The van der Waals surface area contributed by atoms with Crippen LogP contribution < -0.4 is 11.3 Å². The summed E-state index contributed by atoms with van der Waals surface area (Å²) in [6, 6.07) is 1.28. The van der Waals surface area contributed by atoms with Crippen molar-refractivity contribution in [2.45, 2.75) is 18.9 Å². The van der Waals surface area contributed by atoms with Crippen molar-refractivity contribution in [3.05, 3.63) is 41.7 Å². The van der Waals surface area contributed by atoms with Gasteiger partial charge in [0.15, 0.2) is 0 Å². The van der Waals surface area contributed by atoms with E-state index in [0.717, 1.165) is 18.4 Å². The maximum Gasteiger partial charge on any atom is 0.146 e. The molecule has 2 rings (SSSR count). The quantitative estimate of drug-likeness (QED) is 0.601. The standard InChI is InChI=1S/C11H14FN3O/c12-10-6-14-4-3-9(10)11(15-13)8-2-1-5-16-7-8/h3-4,6-7,11,15H,1-2,5,13H2. The van der Waals surface area contributed by atoms with Crippen LogP contribution in [0.25, 0.3) is 0 Å². The predicted molar refractivity (Wildman–Crippen MR) is 57.5 cm³/mol. The van der Waals surface area contributed by atoms with Gasteiger partial charge in [-0.05, 0) is 24.5 Å². The van der Waals surface area contributed by atoms with Crippen LogP contribution in [0.1, 0.15) is 24.4 Å². The van der Waals surface area contributed by atoms with Crippen LogP contribution in [0.15, 0.2) is 30.3 Å². The molecule has 1 aromatic heterocycles. The first kappa shape index (κ1) is 11.0. The molecule has 1 unspecified atom stereocenters. The number of rotatable bonds is 3. The average Bonchev–Trinajstić information content (AvgIpc) is 2.34. The van der Waals surface area contributed by atoms with E-state index in [1.807, 2.05) is 0 Å². The molecular formula is C11H14FN3O. The van der Waals surface area contributed by atoms with Crippen LogP contribution in [0.4, 0.5) is 4.39 Å². The number of hydrogen-bond donors (Lipinski definition) is 2. The van der Waals surface area contributed by atoms with Gasteiger partial charge in [-0.25, -0.2) is 9.82 Å². The van der Waals surface area contributed by atoms with E-state index in [1.54, 1.807) is 18.5 Å². The summed E-state index contributed by atoms with van der Waals surface area (Å²) in [6.07, 6.45) is 6.18. The molecule has 1 aromatic rings. The highest BCUT2D eigenvalue weighted by molar-refractivity contribution is 5.27. The number of halogens is 1. The lowest BCUT2D eigenvalue weighted by atomic mass is 9.96. The Labute approximate surface area is 93.3 Å². The molecule has 0 spiro atoms. The van der Waals surface area contributed by atoms with Crippen molar-refractivity contribution in [2.24, 2.45) is 5.84 Å². The second kappa shape index (κ2) is 5.05. The number of hydrogen-bond acceptors (Lipinski definition) is 4. The smallest absolute Gasteiger partial charge is 0.146 e. The molecule has 3 N–H and O–H groups in total. The van der Waals surface area contributed by atoms with Gasteiger partial charge in [0, 0.05) is 11.8 Å². The van der Waals surface area contributed by atoms with E-state index >= 15 is 0 Å². The first-order valence-corrected chi connectivity index (χ1v) is 5.19. The monoisotopic (exact) mass is 223 g/mol. The molecule has 1 aliphatic rings. The fourth-order valence-corrected chi connectivity index (χ4v) is 1.81. The van der Waals surface area contributed by atoms with Crippen LogP contribution in [-0.4, -0.2) is 11.6 Å². The van der Waals surface area contributed by atoms with Gasteiger partial charge >= 0.3 is 0 Å². The minimum Gasteiger partial charge on any atom is -0.501 e. The van der Waals surface area contributed by atoms with Gasteiger partial charge in [0.05, 0.1) is 25.1 Å². The first-order chi connectivity index (χ1) is 7.83. The molecule has 0 fully saturated rings. The highest BCUT2D eigenvalue weighted by atomic mass is 19.1. The maximum atomic E-state index is 13.6. The predicted octanol–water partition coefficient (Wildman–Crippen LogP) is 1.42. The Morgan fingerprint density at radius 2 is 2.44 bits per heavy atom. The van der Waals surface area contributed by atoms with Crippen molar-refractivity contribution in [1.82, 2.24) is 10.4 Å². The topological polar surface area (TPSA) is 60.2 Å². The fourth-order valence-electron chi connectivity index (χ4n) is 1.81. The van der Waals surface area contributed by atoms with E-state index in [4.69, 9.17) is 10.6 Å². The fraction of sp³-hybridized carbons (Fsp3) is 0.364. The molecule has 5 heteroatoms. The minimum atomic E-state index is -0.364. The van der Waals surface area contributed by atoms with Gasteiger partial charge in [-0.1, -0.05) is 0 Å². The number of ether oxygens (including phenoxy) is 1. The largest absolute Gasteiger partial charge is 0.501 e. The van der Waals surface area contributed by atoms with E-state index in [0.29, 0.717) is 12.2 Å². The molecule has 0 saturated heterocycles. The van der Waals surface area contributed by atoms with Gasteiger partial charge in [0.1, 0.15) is 5.82 Å². The Bertz CT molecular complexity index is 395. The molecule has 0 radical (unpaired) electrons. The summed E-state index contributed by atoms with van der Waals surface area (Å²) in [5, 5.41) is 0. The van der Waals surface area contributed by atoms with Gasteiger partial charge < -0.3 is 4.74 Å². The summed E-state index contributed by atoms with van der Waals surface area (Å²) in [4.78, 5) is 3.71. The van der Waals surface area contributed by atoms with Gasteiger partial charge in [0.25, 0.3) is 0 Å². The Balaban J connectivity index is 2.28. The summed E-state index contributed by atoms with van der Waals surface area (Å²) >= 11 is 0. The highest BCUT2D eigenvalue weighted by Crippen LogP contribution is 2.27. The molecular weight excluding hydrogens is 209 g/mol. The second-order valence-corrected chi connectivity index (χ2v) is 3.66. The lowest BCUT2D eigenvalue weighted by Gasteiger charge is -2.23. The van der Waals surface area contributed by atoms with E-state index < -0.39 is 0 Å². The summed E-state index contributed by atoms with van der Waals surface area (Å²) in [5.41, 5.74) is 4.06. The molecule has 0 aliphatic carbocycles. The Morgan fingerprint density at radius 1 is 1.56 bits per heavy atom. The average molecular weight is 223 g/mol. The molecule has 0 aromatic carbocycles. The number of pyridine rings is 1. The van der Waals surface area contributed by atoms with Crippen molar-refractivity contribution in [3.63, 3.8) is 0 Å². The lowest BCUT2D eigenvalue weighted by Crippen LogP contribution is -2.31. The second-order valence-electron chi connectivity index (χ2n) is 3.66. The summed E-state index contributed by atoms with van der Waals surface area (Å²) in [5.74, 6) is 5.11. The van der Waals surface area contributed by atoms with Crippen LogP contribution in [0, 0.1) is 5.82 Å². The normalized spacial score (nSPS) is 17.5. The van der Waals surface area contributed by atoms with Gasteiger partial charge in [0.2, 0.25) is 0 Å². The van der Waals surface area contributed by atoms with E-state index in [-0.39, 0.29) is 11.9 Å². The number of hydrazine groups is 1. The van der Waals surface area contributed by atoms with Crippen molar-refractivity contribution < 1.29 is 9.13 Å². The summed E-state index contributed by atoms with van der Waals surface area (Å²) in [7, 11) is 0. The third-order valence-electron chi connectivity index (χ3n) is 2.61. The zero-order valence-electron chi connectivity index (χ0n) is 8.82. The number of nitrogens with two attached hydrogens (primary N) is 1. The van der Waals surface area contributed by atoms with Crippen molar-refractivity contribution in [1.29, 1.82) is 0 Å². The highest BCUT2D eigenvalue weighted by Gasteiger charge is 2.20. The number of nitrogens with zero attached hydrogens (tertiary/aromatic N) is 1. The van der Waals surface area contributed by atoms with E-state index in [2.05, 4.69) is 10.4 Å². The van der Waals surface area contributed by atoms with Crippen molar-refractivity contribution >= 4 is 0 Å². The lowest BCUT2D eigenvalue weighted by molar-refractivity contribution is 0.219. The Morgan fingerprint density at radius 3 is 3.06 bits per heavy atom. The van der Waals surface area contributed by atoms with Crippen LogP contribution in [0.3, 0.4) is 0 Å². The summed E-state index contributed by atoms with van der Waals surface area (Å²) < 4.78 is 18.8. The van der Waals surface area contributed by atoms with Crippen LogP contribution in [0.5, 0.6) is 0 Å². The Kier molecular flexibility index (Phi) is 3.48. The molecule has 2 heterocycles. The van der Waals surface area contributed by atoms with Gasteiger partial charge in [-0.2, -0.15) is 0 Å². The van der Waals surface area contributed by atoms with E-state index in [1.165, 1.54) is 6.20 Å². The zero-order chi connectivity index (χ0) is 11.4. The summed E-state index contributed by atoms with van der Waals surface area (Å²) in [6.45, 7) is 0.708. The molecule has 4 nitrogen and oxygen atoms in total. The number of nitrogens with one attached hydrogen (secondary N) is 1. The van der Waals surface area contributed by atoms with Gasteiger partial charge in [-0.15, -0.1) is 0 Å². The van der Waals surface area contributed by atoms with E-state index in [9.17, 15) is 4.39 Å². The molecule has 0 saturated carbocycles. The third-order valence-corrected chi connectivity index (χ3v) is 2.61. The molecule has 1 atom stereocenters. The molecule has 0 amide bonds. The van der Waals surface area contributed by atoms with Crippen molar-refractivity contribution in [2.75, 3.05) is 6.61 Å². The molecule has 86 valence electrons. The maximum absolute atomic E-state index is 13.6. The zero-order valence-corrected chi connectivity index (χ0v) is 8.82. The van der Waals surface area contributed by atoms with Crippen LogP contribution in [0.2, 0.25) is 0 Å². The van der Waals surface area contributed by atoms with Crippen LogP contribution >= 0.6 is 0 Å². The van der Waals surface area contributed by atoms with Crippen LogP contribution in [-0.2, 0) is 4.74 Å². The molecule has 0 bridgehead atoms. The SMILES string of the molecule is NNC(C1=COCCC1)c1ccncc1F. The third kappa shape index (κ3) is 2.20.